The summed E-state index contributed by atoms with van der Waals surface area (Å²) in [5.41, 5.74) is 3.09. The maximum absolute atomic E-state index is 13.0. The molecule has 0 aliphatic rings. The van der Waals surface area contributed by atoms with E-state index in [1.807, 2.05) is 43.5 Å². The highest BCUT2D eigenvalue weighted by Crippen LogP contribution is 2.21. The number of fused-ring (bicyclic) bond motifs is 1. The number of sulfonamides is 1. The Bertz CT molecular complexity index is 1390. The quantitative estimate of drug-likeness (QED) is 0.468. The molecule has 0 aliphatic carbocycles. The predicted molar refractivity (Wildman–Crippen MR) is 122 cm³/mol. The van der Waals surface area contributed by atoms with Crippen molar-refractivity contribution < 1.29 is 13.2 Å². The molecule has 0 spiro atoms. The Hall–Kier alpha value is -3.72. The van der Waals surface area contributed by atoms with E-state index in [9.17, 15) is 13.2 Å². The zero-order valence-electron chi connectivity index (χ0n) is 17.9. The van der Waals surface area contributed by atoms with Gasteiger partial charge in [0.25, 0.3) is 15.9 Å². The minimum absolute atomic E-state index is 0.00871. The number of aromatic nitrogens is 3. The van der Waals surface area contributed by atoms with Crippen LogP contribution in [-0.4, -0.2) is 28.9 Å². The number of carbonyl (C=O) groups is 1. The predicted octanol–water partition coefficient (Wildman–Crippen LogP) is 3.64. The van der Waals surface area contributed by atoms with Crippen molar-refractivity contribution in [3.63, 3.8) is 0 Å². The topological polar surface area (TPSA) is 105 Å². The van der Waals surface area contributed by atoms with Crippen molar-refractivity contribution in [1.82, 2.24) is 19.9 Å². The molecule has 2 aromatic carbocycles. The Labute approximate surface area is 186 Å². The molecule has 4 aromatic rings. The lowest BCUT2D eigenvalue weighted by Gasteiger charge is -2.15. The molecular formula is C23H23N5O3S. The molecule has 0 fully saturated rings. The Morgan fingerprint density at radius 2 is 1.75 bits per heavy atom. The molecule has 0 radical (unpaired) electrons. The highest BCUT2D eigenvalue weighted by molar-refractivity contribution is 7.92. The first kappa shape index (κ1) is 21.5. The van der Waals surface area contributed by atoms with Crippen LogP contribution in [0.2, 0.25) is 0 Å². The van der Waals surface area contributed by atoms with E-state index in [0.29, 0.717) is 22.7 Å². The van der Waals surface area contributed by atoms with E-state index in [0.717, 1.165) is 5.56 Å². The third-order valence-electron chi connectivity index (χ3n) is 5.14. The van der Waals surface area contributed by atoms with E-state index in [1.165, 1.54) is 12.1 Å². The maximum atomic E-state index is 13.0. The molecule has 0 aliphatic heterocycles. The molecule has 1 atom stereocenters. The lowest BCUT2D eigenvalue weighted by molar-refractivity contribution is 0.0937. The summed E-state index contributed by atoms with van der Waals surface area (Å²) in [4.78, 5) is 13.0. The Morgan fingerprint density at radius 1 is 1.00 bits per heavy atom. The van der Waals surface area contributed by atoms with E-state index >= 15 is 0 Å². The number of hydrogen-bond donors (Lipinski definition) is 2. The molecule has 0 saturated carbocycles. The molecule has 32 heavy (non-hydrogen) atoms. The molecule has 9 heteroatoms. The third kappa shape index (κ3) is 4.33. The lowest BCUT2D eigenvalue weighted by atomic mass is 10.1. The molecule has 2 N–H and O–H groups in total. The summed E-state index contributed by atoms with van der Waals surface area (Å²) in [7, 11) is -3.86. The summed E-state index contributed by atoms with van der Waals surface area (Å²) in [5, 5.41) is 11.2. The minimum Gasteiger partial charge on any atom is -0.342 e. The molecule has 0 saturated heterocycles. The molecule has 8 nitrogen and oxygen atoms in total. The largest absolute Gasteiger partial charge is 0.342 e. The van der Waals surface area contributed by atoms with Gasteiger partial charge in [-0.25, -0.2) is 8.42 Å². The second-order valence-electron chi connectivity index (χ2n) is 7.63. The van der Waals surface area contributed by atoms with Crippen LogP contribution in [0, 0.1) is 13.8 Å². The number of nitrogens with zero attached hydrogens (tertiary/aromatic N) is 3. The summed E-state index contributed by atoms with van der Waals surface area (Å²) in [5.74, 6) is 0.187. The van der Waals surface area contributed by atoms with Crippen LogP contribution in [0.25, 0.3) is 5.65 Å². The van der Waals surface area contributed by atoms with Gasteiger partial charge in [0, 0.05) is 17.4 Å². The van der Waals surface area contributed by atoms with Gasteiger partial charge in [-0.2, -0.15) is 0 Å². The Morgan fingerprint density at radius 3 is 2.50 bits per heavy atom. The van der Waals surface area contributed by atoms with Gasteiger partial charge in [-0.3, -0.25) is 13.9 Å². The van der Waals surface area contributed by atoms with Crippen molar-refractivity contribution in [2.24, 2.45) is 0 Å². The number of benzene rings is 2. The molecule has 1 unspecified atom stereocenters. The van der Waals surface area contributed by atoms with Crippen LogP contribution in [0.1, 0.15) is 40.3 Å². The minimum atomic E-state index is -3.86. The molecule has 2 aromatic heterocycles. The SMILES string of the molecule is Cc1ccc(NS(=O)(=O)c2ccc(C)c(C(=O)NC(C)c3nnc4ccccn34)c2)cc1. The highest BCUT2D eigenvalue weighted by atomic mass is 32.2. The van der Waals surface area contributed by atoms with Crippen LogP contribution in [-0.2, 0) is 10.0 Å². The van der Waals surface area contributed by atoms with Gasteiger partial charge in [-0.15, -0.1) is 10.2 Å². The number of anilines is 1. The highest BCUT2D eigenvalue weighted by Gasteiger charge is 2.21. The van der Waals surface area contributed by atoms with Gasteiger partial charge in [-0.05, 0) is 62.7 Å². The molecule has 164 valence electrons. The number of aryl methyl sites for hydroxylation is 2. The van der Waals surface area contributed by atoms with Crippen molar-refractivity contribution >= 4 is 27.3 Å². The van der Waals surface area contributed by atoms with Gasteiger partial charge in [0.1, 0.15) is 0 Å². The summed E-state index contributed by atoms with van der Waals surface area (Å²) in [6.45, 7) is 5.48. The van der Waals surface area contributed by atoms with Crippen molar-refractivity contribution in [1.29, 1.82) is 0 Å². The Kier molecular flexibility index (Phi) is 5.67. The van der Waals surface area contributed by atoms with E-state index in [-0.39, 0.29) is 10.5 Å². The van der Waals surface area contributed by atoms with E-state index in [2.05, 4.69) is 20.2 Å². The van der Waals surface area contributed by atoms with Gasteiger partial charge in [0.2, 0.25) is 0 Å². The molecule has 1 amide bonds. The van der Waals surface area contributed by atoms with Gasteiger partial charge < -0.3 is 5.32 Å². The third-order valence-corrected chi connectivity index (χ3v) is 6.52. The number of carbonyl (C=O) groups excluding carboxylic acids is 1. The molecule has 4 rings (SSSR count). The van der Waals surface area contributed by atoms with Crippen LogP contribution in [0.4, 0.5) is 5.69 Å². The number of hydrogen-bond acceptors (Lipinski definition) is 5. The molecule has 0 bridgehead atoms. The fraction of sp³-hybridized carbons (Fsp3) is 0.174. The maximum Gasteiger partial charge on any atom is 0.261 e. The molecule has 2 heterocycles. The fourth-order valence-electron chi connectivity index (χ4n) is 3.34. The summed E-state index contributed by atoms with van der Waals surface area (Å²) in [6.07, 6.45) is 1.82. The van der Waals surface area contributed by atoms with Crippen molar-refractivity contribution in [2.75, 3.05) is 4.72 Å². The fourth-order valence-corrected chi connectivity index (χ4v) is 4.43. The first-order valence-corrected chi connectivity index (χ1v) is 11.5. The first-order chi connectivity index (χ1) is 15.2. The Balaban J connectivity index is 1.57. The van der Waals surface area contributed by atoms with E-state index in [1.54, 1.807) is 36.4 Å². The van der Waals surface area contributed by atoms with E-state index < -0.39 is 22.0 Å². The second kappa shape index (κ2) is 8.43. The van der Waals surface area contributed by atoms with Gasteiger partial charge in [-0.1, -0.05) is 29.8 Å². The zero-order valence-corrected chi connectivity index (χ0v) is 18.7. The summed E-state index contributed by atoms with van der Waals surface area (Å²) < 4.78 is 30.1. The average molecular weight is 450 g/mol. The standard InChI is InChI=1S/C23H23N5O3S/c1-15-7-10-18(11-8-15)27-32(30,31)19-12-9-16(2)20(14-19)23(29)24-17(3)22-26-25-21-6-4-5-13-28(21)22/h4-14,17,27H,1-3H3,(H,24,29). The van der Waals surface area contributed by atoms with Crippen LogP contribution >= 0.6 is 0 Å². The van der Waals surface area contributed by atoms with Crippen LogP contribution < -0.4 is 10.0 Å². The number of pyridine rings is 1. The lowest BCUT2D eigenvalue weighted by Crippen LogP contribution is -2.29. The first-order valence-electron chi connectivity index (χ1n) is 10.1. The number of nitrogens with one attached hydrogen (secondary N) is 2. The van der Waals surface area contributed by atoms with Gasteiger partial charge >= 0.3 is 0 Å². The number of rotatable bonds is 6. The zero-order chi connectivity index (χ0) is 22.9. The van der Waals surface area contributed by atoms with Crippen molar-refractivity contribution in [3.8, 4) is 0 Å². The number of amides is 1. The average Bonchev–Trinajstić information content (AvgIpc) is 3.19. The second-order valence-corrected chi connectivity index (χ2v) is 9.31. The van der Waals surface area contributed by atoms with Gasteiger partial charge in [0.05, 0.1) is 10.9 Å². The van der Waals surface area contributed by atoms with Crippen LogP contribution in [0.15, 0.2) is 71.8 Å². The normalized spacial score (nSPS) is 12.5. The van der Waals surface area contributed by atoms with Gasteiger partial charge in [0.15, 0.2) is 11.5 Å². The van der Waals surface area contributed by atoms with Crippen LogP contribution in [0.3, 0.4) is 0 Å². The van der Waals surface area contributed by atoms with Crippen molar-refractivity contribution in [2.45, 2.75) is 31.7 Å². The summed E-state index contributed by atoms with van der Waals surface area (Å²) in [6, 6.07) is 16.6. The smallest absolute Gasteiger partial charge is 0.261 e. The summed E-state index contributed by atoms with van der Waals surface area (Å²) >= 11 is 0. The van der Waals surface area contributed by atoms with Crippen LogP contribution in [0.5, 0.6) is 0 Å². The monoisotopic (exact) mass is 449 g/mol. The van der Waals surface area contributed by atoms with Crippen molar-refractivity contribution in [3.05, 3.63) is 89.4 Å². The molecular weight excluding hydrogens is 426 g/mol. The van der Waals surface area contributed by atoms with E-state index in [4.69, 9.17) is 0 Å².